The first kappa shape index (κ1) is 18.4. The SMILES string of the molecule is O=C(CN1CCN(Cc2ccccc2)CC1)N1CCCCC(CO)C1. The van der Waals surface area contributed by atoms with Crippen molar-refractivity contribution in [2.24, 2.45) is 5.92 Å². The average molecular weight is 345 g/mol. The number of piperazine rings is 1. The minimum absolute atomic E-state index is 0.196. The molecule has 138 valence electrons. The molecule has 1 amide bonds. The van der Waals surface area contributed by atoms with Crippen molar-refractivity contribution >= 4 is 5.91 Å². The van der Waals surface area contributed by atoms with E-state index in [0.29, 0.717) is 6.54 Å². The highest BCUT2D eigenvalue weighted by Crippen LogP contribution is 2.16. The van der Waals surface area contributed by atoms with Crippen LogP contribution in [0.3, 0.4) is 0 Å². The predicted molar refractivity (Wildman–Crippen MR) is 99.2 cm³/mol. The number of aliphatic hydroxyl groups is 1. The summed E-state index contributed by atoms with van der Waals surface area (Å²) in [6, 6.07) is 10.6. The van der Waals surface area contributed by atoms with E-state index in [0.717, 1.165) is 65.1 Å². The number of nitrogens with zero attached hydrogens (tertiary/aromatic N) is 3. The van der Waals surface area contributed by atoms with Gasteiger partial charge in [0.1, 0.15) is 0 Å². The number of aliphatic hydroxyl groups excluding tert-OH is 1. The Labute approximate surface area is 151 Å². The van der Waals surface area contributed by atoms with E-state index in [1.54, 1.807) is 0 Å². The summed E-state index contributed by atoms with van der Waals surface area (Å²) < 4.78 is 0. The van der Waals surface area contributed by atoms with Crippen LogP contribution in [0.4, 0.5) is 0 Å². The Morgan fingerprint density at radius 3 is 2.44 bits per heavy atom. The van der Waals surface area contributed by atoms with Crippen LogP contribution in [-0.4, -0.2) is 78.1 Å². The molecule has 0 spiro atoms. The van der Waals surface area contributed by atoms with Gasteiger partial charge in [0.2, 0.25) is 5.91 Å². The number of rotatable bonds is 5. The predicted octanol–water partition coefficient (Wildman–Crippen LogP) is 1.43. The molecule has 5 heteroatoms. The van der Waals surface area contributed by atoms with E-state index in [2.05, 4.69) is 40.1 Å². The van der Waals surface area contributed by atoms with Crippen LogP contribution < -0.4 is 0 Å². The second-order valence-corrected chi connectivity index (χ2v) is 7.42. The van der Waals surface area contributed by atoms with Crippen LogP contribution in [0.5, 0.6) is 0 Å². The molecular formula is C20H31N3O2. The van der Waals surface area contributed by atoms with Crippen LogP contribution >= 0.6 is 0 Å². The summed E-state index contributed by atoms with van der Waals surface area (Å²) in [5.41, 5.74) is 1.35. The van der Waals surface area contributed by atoms with E-state index in [4.69, 9.17) is 0 Å². The molecule has 2 heterocycles. The molecule has 2 aliphatic heterocycles. The lowest BCUT2D eigenvalue weighted by Crippen LogP contribution is -2.50. The summed E-state index contributed by atoms with van der Waals surface area (Å²) in [7, 11) is 0. The second-order valence-electron chi connectivity index (χ2n) is 7.42. The summed E-state index contributed by atoms with van der Waals surface area (Å²) in [6.07, 6.45) is 3.22. The van der Waals surface area contributed by atoms with Crippen molar-refractivity contribution in [3.63, 3.8) is 0 Å². The maximum Gasteiger partial charge on any atom is 0.236 e. The Hall–Kier alpha value is -1.43. The molecule has 25 heavy (non-hydrogen) atoms. The number of amides is 1. The molecule has 2 aliphatic rings. The minimum atomic E-state index is 0.196. The maximum absolute atomic E-state index is 12.6. The van der Waals surface area contributed by atoms with Gasteiger partial charge in [-0.05, 0) is 24.3 Å². The highest BCUT2D eigenvalue weighted by Gasteiger charge is 2.24. The fourth-order valence-electron chi connectivity index (χ4n) is 3.84. The number of carbonyl (C=O) groups is 1. The van der Waals surface area contributed by atoms with Gasteiger partial charge in [-0.15, -0.1) is 0 Å². The van der Waals surface area contributed by atoms with Crippen LogP contribution in [0.2, 0.25) is 0 Å². The van der Waals surface area contributed by atoms with Crippen LogP contribution in [0.15, 0.2) is 30.3 Å². The van der Waals surface area contributed by atoms with Gasteiger partial charge in [0, 0.05) is 52.4 Å². The van der Waals surface area contributed by atoms with Gasteiger partial charge in [0.25, 0.3) is 0 Å². The van der Waals surface area contributed by atoms with Crippen LogP contribution in [0.25, 0.3) is 0 Å². The molecule has 1 atom stereocenters. The number of benzene rings is 1. The zero-order valence-corrected chi connectivity index (χ0v) is 15.1. The van der Waals surface area contributed by atoms with E-state index < -0.39 is 0 Å². The van der Waals surface area contributed by atoms with Crippen LogP contribution in [-0.2, 0) is 11.3 Å². The monoisotopic (exact) mass is 345 g/mol. The molecule has 2 saturated heterocycles. The number of carbonyl (C=O) groups excluding carboxylic acids is 1. The third-order valence-electron chi connectivity index (χ3n) is 5.45. The zero-order chi connectivity index (χ0) is 17.5. The molecule has 0 bridgehead atoms. The summed E-state index contributed by atoms with van der Waals surface area (Å²) >= 11 is 0. The average Bonchev–Trinajstić information content (AvgIpc) is 2.90. The van der Waals surface area contributed by atoms with Crippen LogP contribution in [0.1, 0.15) is 24.8 Å². The van der Waals surface area contributed by atoms with Gasteiger partial charge in [0.05, 0.1) is 6.54 Å². The molecule has 0 radical (unpaired) electrons. The molecule has 3 rings (SSSR count). The molecule has 0 saturated carbocycles. The van der Waals surface area contributed by atoms with Gasteiger partial charge in [-0.3, -0.25) is 14.6 Å². The highest BCUT2D eigenvalue weighted by molar-refractivity contribution is 5.78. The number of likely N-dealkylation sites (tertiary alicyclic amines) is 1. The highest BCUT2D eigenvalue weighted by atomic mass is 16.3. The van der Waals surface area contributed by atoms with Crippen molar-refractivity contribution in [1.82, 2.24) is 14.7 Å². The standard InChI is InChI=1S/C20H31N3O2/c24-17-19-8-4-5-9-23(15-19)20(25)16-22-12-10-21(11-13-22)14-18-6-2-1-3-7-18/h1-3,6-7,19,24H,4-5,8-17H2. The van der Waals surface area contributed by atoms with Crippen molar-refractivity contribution in [2.45, 2.75) is 25.8 Å². The largest absolute Gasteiger partial charge is 0.396 e. The quantitative estimate of drug-likeness (QED) is 0.877. The Morgan fingerprint density at radius 1 is 1.00 bits per heavy atom. The van der Waals surface area contributed by atoms with Crippen molar-refractivity contribution in [3.8, 4) is 0 Å². The van der Waals surface area contributed by atoms with E-state index in [1.165, 1.54) is 5.56 Å². The maximum atomic E-state index is 12.6. The molecule has 1 unspecified atom stereocenters. The van der Waals surface area contributed by atoms with Gasteiger partial charge in [0.15, 0.2) is 0 Å². The summed E-state index contributed by atoms with van der Waals surface area (Å²) in [6.45, 7) is 7.23. The summed E-state index contributed by atoms with van der Waals surface area (Å²) in [4.78, 5) is 19.4. The molecule has 1 aromatic carbocycles. The third kappa shape index (κ3) is 5.53. The summed E-state index contributed by atoms with van der Waals surface area (Å²) in [5, 5.41) is 9.43. The first-order chi connectivity index (χ1) is 12.2. The molecule has 0 aliphatic carbocycles. The lowest BCUT2D eigenvalue weighted by atomic mass is 10.1. The molecule has 5 nitrogen and oxygen atoms in total. The molecule has 1 aromatic rings. The van der Waals surface area contributed by atoms with Crippen LogP contribution in [0, 0.1) is 5.92 Å². The summed E-state index contributed by atoms with van der Waals surface area (Å²) in [5.74, 6) is 0.492. The normalized spacial score (nSPS) is 23.4. The Balaban J connectivity index is 1.43. The van der Waals surface area contributed by atoms with Gasteiger partial charge >= 0.3 is 0 Å². The molecular weight excluding hydrogens is 314 g/mol. The first-order valence-corrected chi connectivity index (χ1v) is 9.62. The van der Waals surface area contributed by atoms with E-state index in [9.17, 15) is 9.90 Å². The number of hydrogen-bond acceptors (Lipinski definition) is 4. The first-order valence-electron chi connectivity index (χ1n) is 9.62. The van der Waals surface area contributed by atoms with E-state index in [-0.39, 0.29) is 18.4 Å². The third-order valence-corrected chi connectivity index (χ3v) is 5.45. The van der Waals surface area contributed by atoms with Crippen molar-refractivity contribution in [3.05, 3.63) is 35.9 Å². The lowest BCUT2D eigenvalue weighted by Gasteiger charge is -2.35. The van der Waals surface area contributed by atoms with Crippen molar-refractivity contribution in [2.75, 3.05) is 52.4 Å². The van der Waals surface area contributed by atoms with Gasteiger partial charge in [-0.1, -0.05) is 36.8 Å². The fourth-order valence-corrected chi connectivity index (χ4v) is 3.84. The van der Waals surface area contributed by atoms with Crippen molar-refractivity contribution in [1.29, 1.82) is 0 Å². The smallest absolute Gasteiger partial charge is 0.236 e. The minimum Gasteiger partial charge on any atom is -0.396 e. The Kier molecular flexibility index (Phi) is 6.84. The van der Waals surface area contributed by atoms with Gasteiger partial charge in [-0.25, -0.2) is 0 Å². The fraction of sp³-hybridized carbons (Fsp3) is 0.650. The van der Waals surface area contributed by atoms with Gasteiger partial charge in [-0.2, -0.15) is 0 Å². The Bertz CT molecular complexity index is 529. The molecule has 1 N–H and O–H groups in total. The second kappa shape index (κ2) is 9.32. The zero-order valence-electron chi connectivity index (χ0n) is 15.1. The van der Waals surface area contributed by atoms with E-state index in [1.807, 2.05) is 4.90 Å². The topological polar surface area (TPSA) is 47.0 Å². The van der Waals surface area contributed by atoms with E-state index >= 15 is 0 Å². The number of hydrogen-bond donors (Lipinski definition) is 1. The van der Waals surface area contributed by atoms with Gasteiger partial charge < -0.3 is 10.0 Å². The molecule has 0 aromatic heterocycles. The molecule has 2 fully saturated rings. The van der Waals surface area contributed by atoms with Crippen molar-refractivity contribution < 1.29 is 9.90 Å². The lowest BCUT2D eigenvalue weighted by molar-refractivity contribution is -0.133. The Morgan fingerprint density at radius 2 is 1.72 bits per heavy atom.